The van der Waals surface area contributed by atoms with E-state index in [4.69, 9.17) is 9.15 Å². The SMILES string of the molecule is COc1cccc(CC(O)c2ccc([N+](=O)[O-])o2)c1. The van der Waals surface area contributed by atoms with Crippen LogP contribution in [0.2, 0.25) is 0 Å². The van der Waals surface area contributed by atoms with Gasteiger partial charge < -0.3 is 14.3 Å². The van der Waals surface area contributed by atoms with E-state index in [-0.39, 0.29) is 11.6 Å². The van der Waals surface area contributed by atoms with Crippen molar-refractivity contribution in [2.45, 2.75) is 12.5 Å². The summed E-state index contributed by atoms with van der Waals surface area (Å²) in [6.07, 6.45) is -0.636. The summed E-state index contributed by atoms with van der Waals surface area (Å²) >= 11 is 0. The van der Waals surface area contributed by atoms with E-state index in [1.165, 1.54) is 12.1 Å². The minimum absolute atomic E-state index is 0.175. The average molecular weight is 263 g/mol. The van der Waals surface area contributed by atoms with Gasteiger partial charge in [0.25, 0.3) is 0 Å². The Kier molecular flexibility index (Phi) is 3.82. The molecule has 1 aromatic heterocycles. The van der Waals surface area contributed by atoms with Crippen LogP contribution in [0.3, 0.4) is 0 Å². The fraction of sp³-hybridized carbons (Fsp3) is 0.231. The summed E-state index contributed by atoms with van der Waals surface area (Å²) in [5.74, 6) is 0.490. The van der Waals surface area contributed by atoms with Gasteiger partial charge in [0.15, 0.2) is 0 Å². The number of methoxy groups -OCH3 is 1. The van der Waals surface area contributed by atoms with Crippen LogP contribution in [0.5, 0.6) is 5.75 Å². The molecule has 0 spiro atoms. The first-order valence-electron chi connectivity index (χ1n) is 5.65. The molecule has 6 nitrogen and oxygen atoms in total. The van der Waals surface area contributed by atoms with E-state index >= 15 is 0 Å². The quantitative estimate of drug-likeness (QED) is 0.661. The molecular weight excluding hydrogens is 250 g/mol. The number of nitrogens with zero attached hydrogens (tertiary/aromatic N) is 1. The van der Waals surface area contributed by atoms with Crippen LogP contribution >= 0.6 is 0 Å². The van der Waals surface area contributed by atoms with E-state index in [2.05, 4.69) is 0 Å². The van der Waals surface area contributed by atoms with Gasteiger partial charge in [0.2, 0.25) is 0 Å². The molecule has 1 aromatic carbocycles. The molecule has 1 atom stereocenters. The van der Waals surface area contributed by atoms with Crippen molar-refractivity contribution in [3.8, 4) is 5.75 Å². The van der Waals surface area contributed by atoms with Gasteiger partial charge in [-0.1, -0.05) is 12.1 Å². The summed E-state index contributed by atoms with van der Waals surface area (Å²) in [6.45, 7) is 0. The Morgan fingerprint density at radius 3 is 2.84 bits per heavy atom. The normalized spacial score (nSPS) is 12.1. The molecule has 19 heavy (non-hydrogen) atoms. The highest BCUT2D eigenvalue weighted by atomic mass is 16.6. The topological polar surface area (TPSA) is 85.7 Å². The molecule has 1 heterocycles. The van der Waals surface area contributed by atoms with Crippen molar-refractivity contribution in [1.29, 1.82) is 0 Å². The van der Waals surface area contributed by atoms with Crippen LogP contribution < -0.4 is 4.74 Å². The van der Waals surface area contributed by atoms with Gasteiger partial charge in [-0.05, 0) is 23.8 Å². The second-order valence-electron chi connectivity index (χ2n) is 4.00. The maximum absolute atomic E-state index is 10.5. The number of nitro groups is 1. The molecule has 0 saturated heterocycles. The third-order valence-electron chi connectivity index (χ3n) is 2.68. The van der Waals surface area contributed by atoms with Crippen molar-refractivity contribution < 1.29 is 19.2 Å². The highest BCUT2D eigenvalue weighted by molar-refractivity contribution is 5.29. The molecule has 0 radical (unpaired) electrons. The number of aliphatic hydroxyl groups excluding tert-OH is 1. The van der Waals surface area contributed by atoms with Crippen molar-refractivity contribution in [2.24, 2.45) is 0 Å². The first-order valence-corrected chi connectivity index (χ1v) is 5.65. The smallest absolute Gasteiger partial charge is 0.433 e. The maximum Gasteiger partial charge on any atom is 0.433 e. The minimum atomic E-state index is -0.930. The monoisotopic (exact) mass is 263 g/mol. The summed E-state index contributed by atoms with van der Waals surface area (Å²) in [4.78, 5) is 9.86. The van der Waals surface area contributed by atoms with Crippen molar-refractivity contribution in [1.82, 2.24) is 0 Å². The van der Waals surface area contributed by atoms with Crippen molar-refractivity contribution in [2.75, 3.05) is 7.11 Å². The number of hydrogen-bond acceptors (Lipinski definition) is 5. The second-order valence-corrected chi connectivity index (χ2v) is 4.00. The Morgan fingerprint density at radius 2 is 2.21 bits per heavy atom. The van der Waals surface area contributed by atoms with E-state index in [1.807, 2.05) is 12.1 Å². The third-order valence-corrected chi connectivity index (χ3v) is 2.68. The van der Waals surface area contributed by atoms with Crippen LogP contribution in [-0.2, 0) is 6.42 Å². The van der Waals surface area contributed by atoms with Gasteiger partial charge >= 0.3 is 5.88 Å². The van der Waals surface area contributed by atoms with Crippen molar-refractivity contribution >= 4 is 5.88 Å². The molecule has 0 aliphatic heterocycles. The van der Waals surface area contributed by atoms with Gasteiger partial charge in [0.1, 0.15) is 22.5 Å². The van der Waals surface area contributed by atoms with Crippen LogP contribution in [0, 0.1) is 10.1 Å². The van der Waals surface area contributed by atoms with Crippen LogP contribution in [0.4, 0.5) is 5.88 Å². The lowest BCUT2D eigenvalue weighted by Crippen LogP contribution is -2.00. The molecule has 0 bridgehead atoms. The molecule has 100 valence electrons. The van der Waals surface area contributed by atoms with Crippen LogP contribution in [-0.4, -0.2) is 17.1 Å². The van der Waals surface area contributed by atoms with E-state index in [0.29, 0.717) is 12.2 Å². The molecule has 0 saturated carbocycles. The zero-order chi connectivity index (χ0) is 13.8. The van der Waals surface area contributed by atoms with Crippen LogP contribution in [0.1, 0.15) is 17.4 Å². The average Bonchev–Trinajstić information content (AvgIpc) is 2.89. The molecule has 0 aliphatic carbocycles. The number of rotatable bonds is 5. The Labute approximate surface area is 109 Å². The van der Waals surface area contributed by atoms with Crippen LogP contribution in [0.25, 0.3) is 0 Å². The highest BCUT2D eigenvalue weighted by Crippen LogP contribution is 2.25. The van der Waals surface area contributed by atoms with Gasteiger partial charge in [-0.15, -0.1) is 0 Å². The molecule has 1 N–H and O–H groups in total. The standard InChI is InChI=1S/C13H13NO5/c1-18-10-4-2-3-9(7-10)8-11(15)12-5-6-13(19-12)14(16)17/h2-7,11,15H,8H2,1H3. The van der Waals surface area contributed by atoms with Gasteiger partial charge in [-0.3, -0.25) is 10.1 Å². The van der Waals surface area contributed by atoms with Crippen LogP contribution in [0.15, 0.2) is 40.8 Å². The highest BCUT2D eigenvalue weighted by Gasteiger charge is 2.18. The van der Waals surface area contributed by atoms with Gasteiger partial charge in [0, 0.05) is 6.42 Å². The van der Waals surface area contributed by atoms with Gasteiger partial charge in [-0.25, -0.2) is 0 Å². The molecule has 6 heteroatoms. The lowest BCUT2D eigenvalue weighted by Gasteiger charge is -2.08. The molecular formula is C13H13NO5. The fourth-order valence-electron chi connectivity index (χ4n) is 1.74. The first-order chi connectivity index (χ1) is 9.10. The molecule has 0 amide bonds. The largest absolute Gasteiger partial charge is 0.497 e. The van der Waals surface area contributed by atoms with Gasteiger partial charge in [-0.2, -0.15) is 0 Å². The predicted molar refractivity (Wildman–Crippen MR) is 67.0 cm³/mol. The van der Waals surface area contributed by atoms with E-state index in [9.17, 15) is 15.2 Å². The Balaban J connectivity index is 2.10. The first kappa shape index (κ1) is 13.1. The Morgan fingerprint density at radius 1 is 1.42 bits per heavy atom. The van der Waals surface area contributed by atoms with E-state index in [0.717, 1.165) is 5.56 Å². The predicted octanol–water partition coefficient (Wildman–Crippen LogP) is 2.47. The summed E-state index contributed by atoms with van der Waals surface area (Å²) in [7, 11) is 1.56. The summed E-state index contributed by atoms with van der Waals surface area (Å²) in [5, 5.41) is 20.5. The number of furan rings is 1. The Bertz CT molecular complexity index is 578. The third kappa shape index (κ3) is 3.11. The number of benzene rings is 1. The zero-order valence-corrected chi connectivity index (χ0v) is 10.3. The van der Waals surface area contributed by atoms with Gasteiger partial charge in [0.05, 0.1) is 13.2 Å². The molecule has 2 rings (SSSR count). The van der Waals surface area contributed by atoms with E-state index < -0.39 is 11.0 Å². The lowest BCUT2D eigenvalue weighted by atomic mass is 10.1. The van der Waals surface area contributed by atoms with E-state index in [1.54, 1.807) is 19.2 Å². The number of ether oxygens (including phenoxy) is 1. The Hall–Kier alpha value is -2.34. The molecule has 0 fully saturated rings. The number of hydrogen-bond donors (Lipinski definition) is 1. The molecule has 2 aromatic rings. The summed E-state index contributed by atoms with van der Waals surface area (Å²) < 4.78 is 10.0. The fourth-order valence-corrected chi connectivity index (χ4v) is 1.74. The number of aliphatic hydroxyl groups is 1. The van der Waals surface area contributed by atoms with Crippen molar-refractivity contribution in [3.63, 3.8) is 0 Å². The minimum Gasteiger partial charge on any atom is -0.497 e. The van der Waals surface area contributed by atoms with Crippen molar-refractivity contribution in [3.05, 3.63) is 57.8 Å². The summed E-state index contributed by atoms with van der Waals surface area (Å²) in [6, 6.07) is 9.87. The molecule has 0 aliphatic rings. The lowest BCUT2D eigenvalue weighted by molar-refractivity contribution is -0.402. The summed E-state index contributed by atoms with van der Waals surface area (Å²) in [5.41, 5.74) is 0.853. The maximum atomic E-state index is 10.5. The zero-order valence-electron chi connectivity index (χ0n) is 10.3. The second kappa shape index (κ2) is 5.53. The molecule has 1 unspecified atom stereocenters.